The fraction of sp³-hybridized carbons (Fsp3) is 1.00. The number of aliphatic hydroxyl groups is 1. The largest absolute Gasteiger partial charge is 0.394 e. The van der Waals surface area contributed by atoms with Crippen LogP contribution in [0.4, 0.5) is 0 Å². The van der Waals surface area contributed by atoms with E-state index in [1.165, 1.54) is 6.42 Å². The predicted molar refractivity (Wildman–Crippen MR) is 56.9 cm³/mol. The number of nitrogens with zero attached hydrogens (tertiary/aromatic N) is 1. The second kappa shape index (κ2) is 2.94. The summed E-state index contributed by atoms with van der Waals surface area (Å²) in [5, 5.41) is 9.17. The molecule has 0 aromatic rings. The molecule has 2 atom stereocenters. The van der Waals surface area contributed by atoms with Gasteiger partial charge in [0.2, 0.25) is 0 Å². The minimum atomic E-state index is -0.236. The van der Waals surface area contributed by atoms with Crippen LogP contribution in [0.2, 0.25) is 0 Å². The second-order valence-electron chi connectivity index (χ2n) is 5.55. The number of hydrogen-bond acceptors (Lipinski definition) is 3. The van der Waals surface area contributed by atoms with Crippen LogP contribution in [0.5, 0.6) is 0 Å². The molecule has 3 heteroatoms. The van der Waals surface area contributed by atoms with E-state index >= 15 is 0 Å². The second-order valence-corrected chi connectivity index (χ2v) is 5.55. The predicted octanol–water partition coefficient (Wildman–Crippen LogP) is 0.426. The van der Waals surface area contributed by atoms with Crippen molar-refractivity contribution >= 4 is 0 Å². The van der Waals surface area contributed by atoms with Gasteiger partial charge in [0.15, 0.2) is 0 Å². The van der Waals surface area contributed by atoms with Crippen molar-refractivity contribution in [1.82, 2.24) is 4.90 Å². The topological polar surface area (TPSA) is 49.5 Å². The third-order valence-corrected chi connectivity index (χ3v) is 4.59. The van der Waals surface area contributed by atoms with Gasteiger partial charge in [-0.25, -0.2) is 0 Å². The Balaban J connectivity index is 1.96. The van der Waals surface area contributed by atoms with Crippen molar-refractivity contribution in [2.75, 3.05) is 19.7 Å². The normalized spacial score (nSPS) is 42.6. The summed E-state index contributed by atoms with van der Waals surface area (Å²) in [6.07, 6.45) is 1.17. The minimum absolute atomic E-state index is 0.155. The number of hydrogen-bond donors (Lipinski definition) is 2. The highest BCUT2D eigenvalue weighted by atomic mass is 16.3. The van der Waals surface area contributed by atoms with E-state index in [1.54, 1.807) is 0 Å². The van der Waals surface area contributed by atoms with Crippen molar-refractivity contribution in [2.45, 2.75) is 38.3 Å². The number of piperidine rings is 1. The summed E-state index contributed by atoms with van der Waals surface area (Å²) in [5.41, 5.74) is 6.13. The van der Waals surface area contributed by atoms with Crippen LogP contribution in [0.15, 0.2) is 0 Å². The Morgan fingerprint density at radius 2 is 1.93 bits per heavy atom. The highest BCUT2D eigenvalue weighted by molar-refractivity contribution is 5.21. The molecule has 1 saturated carbocycles. The fourth-order valence-electron chi connectivity index (χ4n) is 2.73. The molecule has 1 aliphatic heterocycles. The van der Waals surface area contributed by atoms with Gasteiger partial charge in [0.1, 0.15) is 0 Å². The van der Waals surface area contributed by atoms with Crippen LogP contribution in [0.3, 0.4) is 0 Å². The van der Waals surface area contributed by atoms with Crippen molar-refractivity contribution < 1.29 is 5.11 Å². The Labute approximate surface area is 86.3 Å². The van der Waals surface area contributed by atoms with Gasteiger partial charge in [-0.15, -0.1) is 0 Å². The summed E-state index contributed by atoms with van der Waals surface area (Å²) < 4.78 is 0. The van der Waals surface area contributed by atoms with Gasteiger partial charge >= 0.3 is 0 Å². The lowest BCUT2D eigenvalue weighted by Crippen LogP contribution is -2.48. The van der Waals surface area contributed by atoms with Crippen LogP contribution in [-0.2, 0) is 0 Å². The summed E-state index contributed by atoms with van der Waals surface area (Å²) >= 11 is 0. The molecule has 1 heterocycles. The van der Waals surface area contributed by atoms with Gasteiger partial charge in [-0.2, -0.15) is 0 Å². The van der Waals surface area contributed by atoms with Crippen LogP contribution in [0.25, 0.3) is 0 Å². The Morgan fingerprint density at radius 3 is 2.29 bits per heavy atom. The fourth-order valence-corrected chi connectivity index (χ4v) is 2.73. The SMILES string of the molecule is CCC(C)(C)N1CC2C(C1)C2(N)CO. The molecule has 2 unspecified atom stereocenters. The molecule has 2 aliphatic rings. The highest BCUT2D eigenvalue weighted by Gasteiger charge is 2.66. The molecule has 0 aromatic carbocycles. The molecular formula is C11H22N2O. The maximum absolute atomic E-state index is 9.17. The van der Waals surface area contributed by atoms with E-state index in [4.69, 9.17) is 5.73 Å². The van der Waals surface area contributed by atoms with Gasteiger partial charge in [-0.05, 0) is 32.1 Å². The number of rotatable bonds is 3. The average Bonchev–Trinajstić information content (AvgIpc) is 2.55. The lowest BCUT2D eigenvalue weighted by Gasteiger charge is -2.37. The van der Waals surface area contributed by atoms with Gasteiger partial charge in [-0.3, -0.25) is 4.90 Å². The summed E-state index contributed by atoms with van der Waals surface area (Å²) in [6.45, 7) is 9.10. The molecule has 0 amide bonds. The average molecular weight is 198 g/mol. The zero-order chi connectivity index (χ0) is 10.6. The van der Waals surface area contributed by atoms with Crippen LogP contribution in [0, 0.1) is 11.8 Å². The molecule has 2 rings (SSSR count). The van der Waals surface area contributed by atoms with Crippen LogP contribution >= 0.6 is 0 Å². The van der Waals surface area contributed by atoms with Gasteiger partial charge < -0.3 is 10.8 Å². The summed E-state index contributed by atoms with van der Waals surface area (Å²) in [7, 11) is 0. The molecule has 3 nitrogen and oxygen atoms in total. The van der Waals surface area contributed by atoms with E-state index in [2.05, 4.69) is 25.7 Å². The molecule has 0 bridgehead atoms. The van der Waals surface area contributed by atoms with Gasteiger partial charge in [-0.1, -0.05) is 6.92 Å². The number of nitrogens with two attached hydrogens (primary N) is 1. The van der Waals surface area contributed by atoms with E-state index in [0.29, 0.717) is 17.4 Å². The summed E-state index contributed by atoms with van der Waals surface area (Å²) in [5.74, 6) is 1.08. The Kier molecular flexibility index (Phi) is 2.18. The van der Waals surface area contributed by atoms with Crippen molar-refractivity contribution in [3.63, 3.8) is 0 Å². The molecule has 0 aromatic heterocycles. The number of aliphatic hydroxyl groups excluding tert-OH is 1. The van der Waals surface area contributed by atoms with Crippen molar-refractivity contribution in [1.29, 1.82) is 0 Å². The Morgan fingerprint density at radius 1 is 1.43 bits per heavy atom. The lowest BCUT2D eigenvalue weighted by atomic mass is 9.98. The molecular weight excluding hydrogens is 176 g/mol. The van der Waals surface area contributed by atoms with Crippen molar-refractivity contribution in [2.24, 2.45) is 17.6 Å². The minimum Gasteiger partial charge on any atom is -0.394 e. The first-order chi connectivity index (χ1) is 6.45. The zero-order valence-corrected chi connectivity index (χ0v) is 9.45. The Bertz CT molecular complexity index is 227. The molecule has 14 heavy (non-hydrogen) atoms. The molecule has 3 N–H and O–H groups in total. The molecule has 0 radical (unpaired) electrons. The van der Waals surface area contributed by atoms with E-state index in [9.17, 15) is 5.11 Å². The molecule has 1 aliphatic carbocycles. The van der Waals surface area contributed by atoms with Gasteiger partial charge in [0, 0.05) is 24.2 Å². The molecule has 2 fully saturated rings. The smallest absolute Gasteiger partial charge is 0.0617 e. The standard InChI is InChI=1S/C11H22N2O/c1-4-10(2,3)13-5-8-9(6-13)11(8,12)7-14/h8-9,14H,4-7,12H2,1-3H3. The lowest BCUT2D eigenvalue weighted by molar-refractivity contribution is 0.110. The maximum Gasteiger partial charge on any atom is 0.0617 e. The molecule has 1 saturated heterocycles. The van der Waals surface area contributed by atoms with Gasteiger partial charge in [0.05, 0.1) is 6.61 Å². The Hall–Kier alpha value is -0.120. The van der Waals surface area contributed by atoms with E-state index in [-0.39, 0.29) is 12.1 Å². The number of likely N-dealkylation sites (tertiary alicyclic amines) is 1. The van der Waals surface area contributed by atoms with Crippen molar-refractivity contribution in [3.05, 3.63) is 0 Å². The first-order valence-corrected chi connectivity index (χ1v) is 5.60. The van der Waals surface area contributed by atoms with Crippen molar-refractivity contribution in [3.8, 4) is 0 Å². The van der Waals surface area contributed by atoms with Crippen LogP contribution < -0.4 is 5.73 Å². The zero-order valence-electron chi connectivity index (χ0n) is 9.45. The first-order valence-electron chi connectivity index (χ1n) is 5.60. The first kappa shape index (κ1) is 10.4. The van der Waals surface area contributed by atoms with E-state index < -0.39 is 0 Å². The van der Waals surface area contributed by atoms with Crippen LogP contribution in [0.1, 0.15) is 27.2 Å². The van der Waals surface area contributed by atoms with E-state index in [0.717, 1.165) is 13.1 Å². The molecule has 82 valence electrons. The highest BCUT2D eigenvalue weighted by Crippen LogP contribution is 2.54. The third-order valence-electron chi connectivity index (χ3n) is 4.59. The quantitative estimate of drug-likeness (QED) is 0.691. The van der Waals surface area contributed by atoms with Gasteiger partial charge in [0.25, 0.3) is 0 Å². The monoisotopic (exact) mass is 198 g/mol. The third kappa shape index (κ3) is 1.23. The maximum atomic E-state index is 9.17. The summed E-state index contributed by atoms with van der Waals surface area (Å²) in [4.78, 5) is 2.52. The molecule has 0 spiro atoms. The van der Waals surface area contributed by atoms with Crippen LogP contribution in [-0.4, -0.2) is 40.8 Å². The number of fused-ring (bicyclic) bond motifs is 1. The summed E-state index contributed by atoms with van der Waals surface area (Å²) in [6, 6.07) is 0. The van der Waals surface area contributed by atoms with E-state index in [1.807, 2.05) is 0 Å².